The van der Waals surface area contributed by atoms with Gasteiger partial charge in [0.1, 0.15) is 5.76 Å². The molecule has 1 amide bonds. The molecule has 1 aromatic heterocycles. The van der Waals surface area contributed by atoms with Crippen LogP contribution in [0.2, 0.25) is 0 Å². The number of carbonyl (C=O) groups is 1. The van der Waals surface area contributed by atoms with E-state index in [1.807, 2.05) is 13.8 Å². The van der Waals surface area contributed by atoms with E-state index in [0.29, 0.717) is 11.6 Å². The van der Waals surface area contributed by atoms with Crippen molar-refractivity contribution in [1.29, 1.82) is 0 Å². The number of aliphatic hydroxyl groups excluding tert-OH is 1. The third kappa shape index (κ3) is 2.82. The molecule has 0 saturated heterocycles. The molecule has 0 saturated carbocycles. The van der Waals surface area contributed by atoms with Crippen molar-refractivity contribution < 1.29 is 14.4 Å². The summed E-state index contributed by atoms with van der Waals surface area (Å²) < 4.78 is 5.08. The van der Waals surface area contributed by atoms with Crippen LogP contribution in [0, 0.1) is 5.92 Å². The van der Waals surface area contributed by atoms with Crippen molar-refractivity contribution in [3.05, 3.63) is 11.8 Å². The smallest absolute Gasteiger partial charge is 0.228 e. The lowest BCUT2D eigenvalue weighted by atomic mass is 9.92. The Kier molecular flexibility index (Phi) is 3.70. The quantitative estimate of drug-likeness (QED) is 0.816. The van der Waals surface area contributed by atoms with E-state index in [9.17, 15) is 4.79 Å². The van der Waals surface area contributed by atoms with Crippen molar-refractivity contribution in [3.8, 4) is 0 Å². The van der Waals surface area contributed by atoms with Gasteiger partial charge in [0.2, 0.25) is 5.91 Å². The van der Waals surface area contributed by atoms with E-state index in [-0.39, 0.29) is 18.4 Å². The maximum atomic E-state index is 11.4. The van der Waals surface area contributed by atoms with Gasteiger partial charge in [-0.2, -0.15) is 0 Å². The van der Waals surface area contributed by atoms with Crippen LogP contribution in [0.15, 0.2) is 10.6 Å². The second-order valence-electron chi connectivity index (χ2n) is 4.76. The van der Waals surface area contributed by atoms with E-state index in [1.54, 1.807) is 19.9 Å². The second-order valence-corrected chi connectivity index (χ2v) is 4.76. The molecule has 5 heteroatoms. The van der Waals surface area contributed by atoms with Crippen molar-refractivity contribution in [2.75, 3.05) is 11.9 Å². The largest absolute Gasteiger partial charge is 0.395 e. The fourth-order valence-electron chi connectivity index (χ4n) is 1.00. The first-order valence-electron chi connectivity index (χ1n) is 5.25. The zero-order valence-electron chi connectivity index (χ0n) is 10.1. The summed E-state index contributed by atoms with van der Waals surface area (Å²) in [5, 5.41) is 15.5. The Morgan fingerprint density at radius 2 is 2.25 bits per heavy atom. The van der Waals surface area contributed by atoms with Crippen molar-refractivity contribution in [2.45, 2.75) is 33.1 Å². The molecule has 0 fully saturated rings. The summed E-state index contributed by atoms with van der Waals surface area (Å²) in [4.78, 5) is 11.4. The molecule has 1 rings (SSSR count). The topological polar surface area (TPSA) is 75.4 Å². The number of anilines is 1. The van der Waals surface area contributed by atoms with Crippen LogP contribution in [0.3, 0.4) is 0 Å². The highest BCUT2D eigenvalue weighted by Gasteiger charge is 2.25. The van der Waals surface area contributed by atoms with E-state index in [2.05, 4.69) is 10.5 Å². The molecule has 0 aliphatic carbocycles. The zero-order valence-corrected chi connectivity index (χ0v) is 10.1. The fourth-order valence-corrected chi connectivity index (χ4v) is 1.00. The number of carbonyl (C=O) groups excluding carboxylic acids is 1. The lowest BCUT2D eigenvalue weighted by Gasteiger charge is -2.16. The average molecular weight is 226 g/mol. The number of rotatable bonds is 4. The Balaban J connectivity index is 2.76. The van der Waals surface area contributed by atoms with Gasteiger partial charge in [0, 0.05) is 17.4 Å². The zero-order chi connectivity index (χ0) is 12.3. The number of aromatic nitrogens is 1. The summed E-state index contributed by atoms with van der Waals surface area (Å²) >= 11 is 0. The van der Waals surface area contributed by atoms with Gasteiger partial charge in [-0.15, -0.1) is 0 Å². The number of nitrogens with one attached hydrogen (secondary N) is 1. The Hall–Kier alpha value is -1.36. The molecule has 0 unspecified atom stereocenters. The highest BCUT2D eigenvalue weighted by atomic mass is 16.5. The molecule has 0 atom stereocenters. The van der Waals surface area contributed by atoms with Crippen LogP contribution < -0.4 is 5.32 Å². The average Bonchev–Trinajstić information content (AvgIpc) is 2.66. The van der Waals surface area contributed by atoms with Crippen molar-refractivity contribution in [2.24, 2.45) is 5.92 Å². The van der Waals surface area contributed by atoms with E-state index in [1.165, 1.54) is 0 Å². The normalized spacial score (nSPS) is 11.9. The summed E-state index contributed by atoms with van der Waals surface area (Å²) in [6.07, 6.45) is 0. The predicted molar refractivity (Wildman–Crippen MR) is 60.1 cm³/mol. The van der Waals surface area contributed by atoms with Crippen molar-refractivity contribution >= 4 is 11.7 Å². The molecule has 0 aliphatic rings. The van der Waals surface area contributed by atoms with Crippen molar-refractivity contribution in [3.63, 3.8) is 0 Å². The highest BCUT2D eigenvalue weighted by Crippen LogP contribution is 2.24. The maximum absolute atomic E-state index is 11.4. The number of nitrogens with zero attached hydrogens (tertiary/aromatic N) is 1. The third-order valence-electron chi connectivity index (χ3n) is 2.35. The van der Waals surface area contributed by atoms with Crippen molar-refractivity contribution in [1.82, 2.24) is 5.16 Å². The Morgan fingerprint density at radius 3 is 2.75 bits per heavy atom. The number of amides is 1. The molecule has 0 radical (unpaired) electrons. The SMILES string of the molecule is CC(C)C(=O)Nc1cc(C(C)(C)CO)on1. The van der Waals surface area contributed by atoms with Crippen LogP contribution in [-0.2, 0) is 10.2 Å². The molecule has 5 nitrogen and oxygen atoms in total. The lowest BCUT2D eigenvalue weighted by molar-refractivity contribution is -0.118. The first-order chi connectivity index (χ1) is 7.36. The van der Waals surface area contributed by atoms with Gasteiger partial charge < -0.3 is 14.9 Å². The van der Waals surface area contributed by atoms with Crippen LogP contribution in [0.25, 0.3) is 0 Å². The number of hydrogen-bond donors (Lipinski definition) is 2. The molecule has 1 aromatic rings. The molecule has 16 heavy (non-hydrogen) atoms. The van der Waals surface area contributed by atoms with Crippen LogP contribution >= 0.6 is 0 Å². The lowest BCUT2D eigenvalue weighted by Crippen LogP contribution is -2.21. The molecule has 0 bridgehead atoms. The Morgan fingerprint density at radius 1 is 1.62 bits per heavy atom. The standard InChI is InChI=1S/C11H18N2O3/c1-7(2)10(15)12-9-5-8(16-13-9)11(3,4)6-14/h5,7,14H,6H2,1-4H3,(H,12,13,15). The Labute approximate surface area is 94.8 Å². The van der Waals surface area contributed by atoms with E-state index >= 15 is 0 Å². The van der Waals surface area contributed by atoms with E-state index < -0.39 is 5.41 Å². The summed E-state index contributed by atoms with van der Waals surface area (Å²) in [5.74, 6) is 0.719. The van der Waals surface area contributed by atoms with Gasteiger partial charge in [-0.1, -0.05) is 32.9 Å². The number of hydrogen-bond acceptors (Lipinski definition) is 4. The first-order valence-corrected chi connectivity index (χ1v) is 5.25. The van der Waals surface area contributed by atoms with Gasteiger partial charge >= 0.3 is 0 Å². The summed E-state index contributed by atoms with van der Waals surface area (Å²) in [7, 11) is 0. The molecule has 0 spiro atoms. The van der Waals surface area contributed by atoms with Gasteiger partial charge in [-0.3, -0.25) is 4.79 Å². The third-order valence-corrected chi connectivity index (χ3v) is 2.35. The van der Waals surface area contributed by atoms with Crippen LogP contribution in [0.5, 0.6) is 0 Å². The fraction of sp³-hybridized carbons (Fsp3) is 0.636. The van der Waals surface area contributed by atoms with Gasteiger partial charge in [0.05, 0.1) is 6.61 Å². The van der Waals surface area contributed by atoms with Crippen LogP contribution in [-0.4, -0.2) is 22.8 Å². The van der Waals surface area contributed by atoms with Crippen LogP contribution in [0.1, 0.15) is 33.5 Å². The maximum Gasteiger partial charge on any atom is 0.228 e. The minimum atomic E-state index is -0.492. The van der Waals surface area contributed by atoms with Gasteiger partial charge in [0.15, 0.2) is 5.82 Å². The predicted octanol–water partition coefficient (Wildman–Crippen LogP) is 1.54. The minimum Gasteiger partial charge on any atom is -0.395 e. The first kappa shape index (κ1) is 12.7. The molecular weight excluding hydrogens is 208 g/mol. The summed E-state index contributed by atoms with van der Waals surface area (Å²) in [6.45, 7) is 7.23. The van der Waals surface area contributed by atoms with Gasteiger partial charge in [0.25, 0.3) is 0 Å². The molecule has 0 aromatic carbocycles. The number of aliphatic hydroxyl groups is 1. The van der Waals surface area contributed by atoms with Crippen LogP contribution in [0.4, 0.5) is 5.82 Å². The summed E-state index contributed by atoms with van der Waals surface area (Å²) in [5.41, 5.74) is -0.492. The van der Waals surface area contributed by atoms with E-state index in [4.69, 9.17) is 9.63 Å². The summed E-state index contributed by atoms with van der Waals surface area (Å²) in [6, 6.07) is 1.64. The second kappa shape index (κ2) is 4.65. The monoisotopic (exact) mass is 226 g/mol. The minimum absolute atomic E-state index is 0.0419. The highest BCUT2D eigenvalue weighted by molar-refractivity contribution is 5.91. The Bertz CT molecular complexity index is 369. The molecular formula is C11H18N2O3. The van der Waals surface area contributed by atoms with Gasteiger partial charge in [-0.05, 0) is 0 Å². The van der Waals surface area contributed by atoms with Gasteiger partial charge in [-0.25, -0.2) is 0 Å². The van der Waals surface area contributed by atoms with E-state index in [0.717, 1.165) is 0 Å². The molecule has 0 aliphatic heterocycles. The molecule has 90 valence electrons. The molecule has 2 N–H and O–H groups in total. The molecule has 1 heterocycles.